The SMILES string of the molecule is CCOc1ccc(CCC(=O)NCCSC2CCCC2)cc1OCC. The predicted octanol–water partition coefficient (Wildman–Crippen LogP) is 4.21. The number of benzene rings is 1. The third-order valence-corrected chi connectivity index (χ3v) is 5.71. The molecule has 1 amide bonds. The summed E-state index contributed by atoms with van der Waals surface area (Å²) in [5.41, 5.74) is 1.10. The topological polar surface area (TPSA) is 47.6 Å². The van der Waals surface area contributed by atoms with Gasteiger partial charge in [-0.25, -0.2) is 0 Å². The van der Waals surface area contributed by atoms with E-state index in [0.29, 0.717) is 26.1 Å². The lowest BCUT2D eigenvalue weighted by Crippen LogP contribution is -2.26. The second-order valence-corrected chi connectivity index (χ2v) is 7.68. The molecule has 0 unspecified atom stereocenters. The minimum absolute atomic E-state index is 0.124. The van der Waals surface area contributed by atoms with Gasteiger partial charge in [-0.2, -0.15) is 11.8 Å². The van der Waals surface area contributed by atoms with Gasteiger partial charge in [-0.3, -0.25) is 4.79 Å². The molecule has 0 radical (unpaired) electrons. The maximum absolute atomic E-state index is 12.0. The number of rotatable bonds is 11. The van der Waals surface area contributed by atoms with Gasteiger partial charge in [0.05, 0.1) is 13.2 Å². The van der Waals surface area contributed by atoms with Crippen LogP contribution >= 0.6 is 11.8 Å². The van der Waals surface area contributed by atoms with E-state index in [9.17, 15) is 4.79 Å². The third kappa shape index (κ3) is 7.18. The van der Waals surface area contributed by atoms with E-state index >= 15 is 0 Å². The Morgan fingerprint density at radius 1 is 1.16 bits per heavy atom. The number of carbonyl (C=O) groups is 1. The maximum Gasteiger partial charge on any atom is 0.220 e. The van der Waals surface area contributed by atoms with Crippen molar-refractivity contribution in [3.05, 3.63) is 23.8 Å². The zero-order chi connectivity index (χ0) is 17.9. The summed E-state index contributed by atoms with van der Waals surface area (Å²) in [6.07, 6.45) is 6.66. The highest BCUT2D eigenvalue weighted by Crippen LogP contribution is 2.29. The lowest BCUT2D eigenvalue weighted by molar-refractivity contribution is -0.120. The van der Waals surface area contributed by atoms with Crippen molar-refractivity contribution in [2.75, 3.05) is 25.5 Å². The summed E-state index contributed by atoms with van der Waals surface area (Å²) in [6.45, 7) is 5.90. The van der Waals surface area contributed by atoms with Gasteiger partial charge in [-0.15, -0.1) is 0 Å². The molecule has 1 aliphatic carbocycles. The fourth-order valence-electron chi connectivity index (χ4n) is 3.07. The number of aryl methyl sites for hydroxylation is 1. The van der Waals surface area contributed by atoms with E-state index in [1.807, 2.05) is 43.8 Å². The number of amides is 1. The van der Waals surface area contributed by atoms with E-state index < -0.39 is 0 Å². The van der Waals surface area contributed by atoms with Crippen molar-refractivity contribution in [3.63, 3.8) is 0 Å². The van der Waals surface area contributed by atoms with Crippen LogP contribution in [0.25, 0.3) is 0 Å². The van der Waals surface area contributed by atoms with E-state index in [4.69, 9.17) is 9.47 Å². The molecular weight excluding hydrogens is 334 g/mol. The van der Waals surface area contributed by atoms with Gasteiger partial charge in [-0.1, -0.05) is 18.9 Å². The summed E-state index contributed by atoms with van der Waals surface area (Å²) < 4.78 is 11.2. The monoisotopic (exact) mass is 365 g/mol. The van der Waals surface area contributed by atoms with Crippen molar-refractivity contribution >= 4 is 17.7 Å². The van der Waals surface area contributed by atoms with Gasteiger partial charge in [0.15, 0.2) is 11.5 Å². The molecule has 1 fully saturated rings. The van der Waals surface area contributed by atoms with Crippen LogP contribution < -0.4 is 14.8 Å². The Bertz CT molecular complexity index is 530. The van der Waals surface area contributed by atoms with Gasteiger partial charge in [0.1, 0.15) is 0 Å². The van der Waals surface area contributed by atoms with Crippen molar-refractivity contribution in [1.29, 1.82) is 0 Å². The number of hydrogen-bond donors (Lipinski definition) is 1. The Balaban J connectivity index is 1.70. The normalized spacial score (nSPS) is 14.5. The molecule has 1 saturated carbocycles. The van der Waals surface area contributed by atoms with Gasteiger partial charge in [0.2, 0.25) is 5.91 Å². The minimum atomic E-state index is 0.124. The zero-order valence-corrected chi connectivity index (χ0v) is 16.3. The van der Waals surface area contributed by atoms with E-state index in [2.05, 4.69) is 5.32 Å². The molecule has 0 aliphatic heterocycles. The second-order valence-electron chi connectivity index (χ2n) is 6.27. The molecule has 1 aromatic rings. The molecule has 0 bridgehead atoms. The number of ether oxygens (including phenoxy) is 2. The molecule has 5 heteroatoms. The standard InChI is InChI=1S/C20H31NO3S/c1-3-23-18-11-9-16(15-19(18)24-4-2)10-12-20(22)21-13-14-25-17-7-5-6-8-17/h9,11,15,17H,3-8,10,12-14H2,1-2H3,(H,21,22). The van der Waals surface area contributed by atoms with Crippen LogP contribution in [0.4, 0.5) is 0 Å². The molecule has 0 aromatic heterocycles. The number of hydrogen-bond acceptors (Lipinski definition) is 4. The Morgan fingerprint density at radius 3 is 2.60 bits per heavy atom. The van der Waals surface area contributed by atoms with Crippen molar-refractivity contribution in [2.24, 2.45) is 0 Å². The highest BCUT2D eigenvalue weighted by atomic mass is 32.2. The van der Waals surface area contributed by atoms with Crippen molar-refractivity contribution in [1.82, 2.24) is 5.32 Å². The van der Waals surface area contributed by atoms with Crippen LogP contribution in [0.5, 0.6) is 11.5 Å². The van der Waals surface area contributed by atoms with Crippen LogP contribution in [0.3, 0.4) is 0 Å². The molecular formula is C20H31NO3S. The van der Waals surface area contributed by atoms with Crippen LogP contribution in [0.2, 0.25) is 0 Å². The van der Waals surface area contributed by atoms with Crippen molar-refractivity contribution < 1.29 is 14.3 Å². The van der Waals surface area contributed by atoms with Gasteiger partial charge < -0.3 is 14.8 Å². The fraction of sp³-hybridized carbons (Fsp3) is 0.650. The van der Waals surface area contributed by atoms with Crippen LogP contribution in [0.15, 0.2) is 18.2 Å². The molecule has 0 spiro atoms. The van der Waals surface area contributed by atoms with E-state index in [1.165, 1.54) is 25.7 Å². The van der Waals surface area contributed by atoms with E-state index in [-0.39, 0.29) is 5.91 Å². The fourth-order valence-corrected chi connectivity index (χ4v) is 4.29. The quantitative estimate of drug-likeness (QED) is 0.597. The Kier molecular flexibility index (Phi) is 9.02. The molecule has 25 heavy (non-hydrogen) atoms. The van der Waals surface area contributed by atoms with Gasteiger partial charge >= 0.3 is 0 Å². The molecule has 1 aromatic carbocycles. The first-order valence-electron chi connectivity index (χ1n) is 9.49. The second kappa shape index (κ2) is 11.3. The highest BCUT2D eigenvalue weighted by molar-refractivity contribution is 7.99. The molecule has 0 atom stereocenters. The molecule has 0 heterocycles. The third-order valence-electron chi connectivity index (χ3n) is 4.33. The smallest absolute Gasteiger partial charge is 0.220 e. The van der Waals surface area contributed by atoms with E-state index in [0.717, 1.165) is 34.6 Å². The molecule has 140 valence electrons. The van der Waals surface area contributed by atoms with Crippen LogP contribution in [-0.4, -0.2) is 36.7 Å². The molecule has 1 aliphatic rings. The number of thioether (sulfide) groups is 1. The van der Waals surface area contributed by atoms with Gasteiger partial charge in [-0.05, 0) is 50.8 Å². The minimum Gasteiger partial charge on any atom is -0.490 e. The molecule has 0 saturated heterocycles. The lowest BCUT2D eigenvalue weighted by Gasteiger charge is -2.12. The number of carbonyl (C=O) groups excluding carboxylic acids is 1. The molecule has 2 rings (SSSR count). The summed E-state index contributed by atoms with van der Waals surface area (Å²) in [6, 6.07) is 5.93. The first-order chi connectivity index (χ1) is 12.2. The zero-order valence-electron chi connectivity index (χ0n) is 15.5. The number of nitrogens with one attached hydrogen (secondary N) is 1. The summed E-state index contributed by atoms with van der Waals surface area (Å²) in [7, 11) is 0. The predicted molar refractivity (Wildman–Crippen MR) is 105 cm³/mol. The largest absolute Gasteiger partial charge is 0.490 e. The average molecular weight is 366 g/mol. The van der Waals surface area contributed by atoms with E-state index in [1.54, 1.807) is 0 Å². The van der Waals surface area contributed by atoms with Crippen LogP contribution in [-0.2, 0) is 11.2 Å². The summed E-state index contributed by atoms with van der Waals surface area (Å²) in [5.74, 6) is 2.67. The Morgan fingerprint density at radius 2 is 1.88 bits per heavy atom. The summed E-state index contributed by atoms with van der Waals surface area (Å²) in [5, 5.41) is 3.85. The lowest BCUT2D eigenvalue weighted by atomic mass is 10.1. The summed E-state index contributed by atoms with van der Waals surface area (Å²) in [4.78, 5) is 12.0. The van der Waals surface area contributed by atoms with Crippen LogP contribution in [0, 0.1) is 0 Å². The Hall–Kier alpha value is -1.36. The Labute approximate surface area is 156 Å². The first kappa shape index (κ1) is 20.0. The summed E-state index contributed by atoms with van der Waals surface area (Å²) >= 11 is 2.01. The van der Waals surface area contributed by atoms with Gasteiger partial charge in [0.25, 0.3) is 0 Å². The molecule has 4 nitrogen and oxygen atoms in total. The maximum atomic E-state index is 12.0. The van der Waals surface area contributed by atoms with Crippen LogP contribution in [0.1, 0.15) is 51.5 Å². The van der Waals surface area contributed by atoms with Crippen molar-refractivity contribution in [2.45, 2.75) is 57.6 Å². The first-order valence-corrected chi connectivity index (χ1v) is 10.5. The van der Waals surface area contributed by atoms with Crippen molar-refractivity contribution in [3.8, 4) is 11.5 Å². The average Bonchev–Trinajstić information content (AvgIpc) is 3.13. The highest BCUT2D eigenvalue weighted by Gasteiger charge is 2.14. The molecule has 1 N–H and O–H groups in total. The van der Waals surface area contributed by atoms with Gasteiger partial charge in [0, 0.05) is 24.0 Å².